The van der Waals surface area contributed by atoms with E-state index in [9.17, 15) is 9.59 Å². The van der Waals surface area contributed by atoms with Crippen LogP contribution in [0, 0.1) is 12.8 Å². The van der Waals surface area contributed by atoms with E-state index in [4.69, 9.17) is 9.47 Å². The highest BCUT2D eigenvalue weighted by Crippen LogP contribution is 2.27. The standard InChI is InChI=1S/C24H27N3O4/c1-16(2)15-30-24(29)19-12-10-18(11-13-19)14-25-22(28)21-17(3)26-27(4)23(21)31-20-8-6-5-7-9-20/h5-13,16H,14-15H2,1-4H3,(H,25,28). The average Bonchev–Trinajstić information content (AvgIpc) is 3.04. The van der Waals surface area contributed by atoms with E-state index in [0.29, 0.717) is 41.6 Å². The quantitative estimate of drug-likeness (QED) is 0.550. The van der Waals surface area contributed by atoms with E-state index in [1.807, 2.05) is 44.2 Å². The third-order valence-electron chi connectivity index (χ3n) is 4.54. The second kappa shape index (κ2) is 9.93. The van der Waals surface area contributed by atoms with Crippen LogP contribution in [0.3, 0.4) is 0 Å². The van der Waals surface area contributed by atoms with E-state index in [1.54, 1.807) is 42.9 Å². The fraction of sp³-hybridized carbons (Fsp3) is 0.292. The number of rotatable bonds is 8. The van der Waals surface area contributed by atoms with Crippen molar-refractivity contribution in [2.75, 3.05) is 6.61 Å². The van der Waals surface area contributed by atoms with Crippen LogP contribution in [-0.4, -0.2) is 28.3 Å². The molecule has 7 heteroatoms. The van der Waals surface area contributed by atoms with Gasteiger partial charge in [0.05, 0.1) is 17.9 Å². The Morgan fingerprint density at radius 2 is 1.74 bits per heavy atom. The Kier molecular flexibility index (Phi) is 7.07. The van der Waals surface area contributed by atoms with Crippen LogP contribution >= 0.6 is 0 Å². The SMILES string of the molecule is Cc1nn(C)c(Oc2ccccc2)c1C(=O)NCc1ccc(C(=O)OCC(C)C)cc1. The first kappa shape index (κ1) is 22.1. The number of esters is 1. The minimum absolute atomic E-state index is 0.281. The summed E-state index contributed by atoms with van der Waals surface area (Å²) in [6, 6.07) is 16.2. The van der Waals surface area contributed by atoms with Crippen LogP contribution in [0.1, 0.15) is 45.8 Å². The summed E-state index contributed by atoms with van der Waals surface area (Å²) in [5, 5.41) is 7.22. The summed E-state index contributed by atoms with van der Waals surface area (Å²) in [5.41, 5.74) is 2.31. The van der Waals surface area contributed by atoms with Crippen molar-refractivity contribution < 1.29 is 19.1 Å². The number of para-hydroxylation sites is 1. The number of aromatic nitrogens is 2. The molecule has 3 rings (SSSR count). The molecular weight excluding hydrogens is 394 g/mol. The molecule has 0 saturated carbocycles. The number of benzene rings is 2. The average molecular weight is 421 g/mol. The molecule has 0 atom stereocenters. The van der Waals surface area contributed by atoms with E-state index >= 15 is 0 Å². The zero-order valence-corrected chi connectivity index (χ0v) is 18.2. The molecule has 162 valence electrons. The van der Waals surface area contributed by atoms with E-state index in [2.05, 4.69) is 10.4 Å². The topological polar surface area (TPSA) is 82.5 Å². The molecule has 2 aromatic carbocycles. The van der Waals surface area contributed by atoms with Crippen molar-refractivity contribution in [3.05, 3.63) is 77.0 Å². The number of hydrogen-bond acceptors (Lipinski definition) is 5. The van der Waals surface area contributed by atoms with E-state index < -0.39 is 0 Å². The van der Waals surface area contributed by atoms with E-state index in [0.717, 1.165) is 5.56 Å². The van der Waals surface area contributed by atoms with Crippen molar-refractivity contribution in [3.63, 3.8) is 0 Å². The zero-order chi connectivity index (χ0) is 22.4. The Balaban J connectivity index is 1.65. The van der Waals surface area contributed by atoms with Crippen molar-refractivity contribution in [1.29, 1.82) is 0 Å². The molecule has 0 aliphatic carbocycles. The Bertz CT molecular complexity index is 1040. The summed E-state index contributed by atoms with van der Waals surface area (Å²) in [5.74, 6) is 0.656. The van der Waals surface area contributed by atoms with Gasteiger partial charge >= 0.3 is 5.97 Å². The minimum atomic E-state index is -0.349. The van der Waals surface area contributed by atoms with Crippen LogP contribution in [0.2, 0.25) is 0 Å². The summed E-state index contributed by atoms with van der Waals surface area (Å²) in [4.78, 5) is 24.9. The number of carbonyl (C=O) groups is 2. The molecule has 1 amide bonds. The molecule has 0 spiro atoms. The van der Waals surface area contributed by atoms with Crippen LogP contribution in [0.5, 0.6) is 11.6 Å². The van der Waals surface area contributed by atoms with Gasteiger partial charge in [-0.1, -0.05) is 44.2 Å². The molecule has 0 bridgehead atoms. The molecule has 0 radical (unpaired) electrons. The van der Waals surface area contributed by atoms with Crippen molar-refractivity contribution in [2.24, 2.45) is 13.0 Å². The molecule has 1 aromatic heterocycles. The first-order valence-electron chi connectivity index (χ1n) is 10.2. The highest BCUT2D eigenvalue weighted by Gasteiger charge is 2.22. The number of hydrogen-bond donors (Lipinski definition) is 1. The van der Waals surface area contributed by atoms with Crippen molar-refractivity contribution >= 4 is 11.9 Å². The van der Waals surface area contributed by atoms with Crippen LogP contribution in [0.4, 0.5) is 0 Å². The summed E-state index contributed by atoms with van der Waals surface area (Å²) < 4.78 is 12.7. The van der Waals surface area contributed by atoms with Gasteiger partial charge in [0, 0.05) is 13.6 Å². The third kappa shape index (κ3) is 5.72. The number of nitrogens with zero attached hydrogens (tertiary/aromatic N) is 2. The van der Waals surface area contributed by atoms with Gasteiger partial charge in [-0.3, -0.25) is 4.79 Å². The first-order valence-corrected chi connectivity index (χ1v) is 10.2. The van der Waals surface area contributed by atoms with Crippen LogP contribution in [0.15, 0.2) is 54.6 Å². The van der Waals surface area contributed by atoms with Gasteiger partial charge in [0.1, 0.15) is 11.3 Å². The lowest BCUT2D eigenvalue weighted by Crippen LogP contribution is -2.23. The highest BCUT2D eigenvalue weighted by molar-refractivity contribution is 5.97. The Morgan fingerprint density at radius 1 is 1.06 bits per heavy atom. The highest BCUT2D eigenvalue weighted by atomic mass is 16.5. The summed E-state index contributed by atoms with van der Waals surface area (Å²) in [7, 11) is 1.74. The van der Waals surface area contributed by atoms with Gasteiger partial charge in [-0.25, -0.2) is 9.48 Å². The minimum Gasteiger partial charge on any atom is -0.462 e. The molecule has 0 unspecified atom stereocenters. The number of ether oxygens (including phenoxy) is 2. The third-order valence-corrected chi connectivity index (χ3v) is 4.54. The molecule has 3 aromatic rings. The fourth-order valence-electron chi connectivity index (χ4n) is 2.97. The van der Waals surface area contributed by atoms with Gasteiger partial charge in [0.15, 0.2) is 0 Å². The maximum absolute atomic E-state index is 12.9. The largest absolute Gasteiger partial charge is 0.462 e. The fourth-order valence-corrected chi connectivity index (χ4v) is 2.97. The number of nitrogens with one attached hydrogen (secondary N) is 1. The van der Waals surface area contributed by atoms with Crippen LogP contribution in [0.25, 0.3) is 0 Å². The zero-order valence-electron chi connectivity index (χ0n) is 18.2. The number of amides is 1. The smallest absolute Gasteiger partial charge is 0.338 e. The normalized spacial score (nSPS) is 10.7. The Labute approximate surface area is 182 Å². The molecular formula is C24H27N3O4. The maximum Gasteiger partial charge on any atom is 0.338 e. The predicted octanol–water partition coefficient (Wildman–Crippen LogP) is 4.26. The maximum atomic E-state index is 12.9. The first-order chi connectivity index (χ1) is 14.8. The second-order valence-corrected chi connectivity index (χ2v) is 7.68. The molecule has 0 fully saturated rings. The second-order valence-electron chi connectivity index (χ2n) is 7.68. The Hall–Kier alpha value is -3.61. The Morgan fingerprint density at radius 3 is 2.39 bits per heavy atom. The van der Waals surface area contributed by atoms with Gasteiger partial charge in [-0.2, -0.15) is 5.10 Å². The molecule has 1 N–H and O–H groups in total. The van der Waals surface area contributed by atoms with Crippen molar-refractivity contribution in [2.45, 2.75) is 27.3 Å². The number of carbonyl (C=O) groups excluding carboxylic acids is 2. The molecule has 1 heterocycles. The van der Waals surface area contributed by atoms with Gasteiger partial charge < -0.3 is 14.8 Å². The van der Waals surface area contributed by atoms with Gasteiger partial charge in [-0.15, -0.1) is 0 Å². The summed E-state index contributed by atoms with van der Waals surface area (Å²) in [6.07, 6.45) is 0. The van der Waals surface area contributed by atoms with Crippen molar-refractivity contribution in [1.82, 2.24) is 15.1 Å². The van der Waals surface area contributed by atoms with E-state index in [-0.39, 0.29) is 17.8 Å². The predicted molar refractivity (Wildman–Crippen MR) is 117 cm³/mol. The number of aryl methyl sites for hydroxylation is 2. The van der Waals surface area contributed by atoms with Gasteiger partial charge in [0.25, 0.3) is 5.91 Å². The summed E-state index contributed by atoms with van der Waals surface area (Å²) >= 11 is 0. The summed E-state index contributed by atoms with van der Waals surface area (Å²) in [6.45, 7) is 6.43. The van der Waals surface area contributed by atoms with Crippen molar-refractivity contribution in [3.8, 4) is 11.6 Å². The lowest BCUT2D eigenvalue weighted by Gasteiger charge is -2.10. The monoisotopic (exact) mass is 421 g/mol. The van der Waals surface area contributed by atoms with Gasteiger partial charge in [-0.05, 0) is 42.7 Å². The lowest BCUT2D eigenvalue weighted by atomic mass is 10.1. The molecule has 7 nitrogen and oxygen atoms in total. The molecule has 0 aliphatic heterocycles. The lowest BCUT2D eigenvalue weighted by molar-refractivity contribution is 0.0459. The van der Waals surface area contributed by atoms with Gasteiger partial charge in [0.2, 0.25) is 5.88 Å². The van der Waals surface area contributed by atoms with E-state index in [1.165, 1.54) is 0 Å². The molecule has 31 heavy (non-hydrogen) atoms. The molecule has 0 aliphatic rings. The van der Waals surface area contributed by atoms with Crippen LogP contribution in [-0.2, 0) is 18.3 Å². The molecule has 0 saturated heterocycles. The van der Waals surface area contributed by atoms with Crippen LogP contribution < -0.4 is 10.1 Å².